The third kappa shape index (κ3) is 4.62. The van der Waals surface area contributed by atoms with E-state index in [2.05, 4.69) is 5.32 Å². The van der Waals surface area contributed by atoms with Crippen LogP contribution < -0.4 is 5.32 Å². The standard InChI is InChI=1S/C14H19NO4/c1-9(12(16)17)10-7-5-6-8-11(10)15-13(18)19-14(2,3)4/h5-9H,1-4H3,(H,15,18)(H,16,17). The zero-order chi connectivity index (χ0) is 14.6. The fourth-order valence-electron chi connectivity index (χ4n) is 1.54. The monoisotopic (exact) mass is 265 g/mol. The summed E-state index contributed by atoms with van der Waals surface area (Å²) in [7, 11) is 0. The van der Waals surface area contributed by atoms with Crippen molar-refractivity contribution in [2.45, 2.75) is 39.2 Å². The van der Waals surface area contributed by atoms with Crippen LogP contribution >= 0.6 is 0 Å². The molecule has 0 spiro atoms. The maximum atomic E-state index is 11.7. The number of hydrogen-bond donors (Lipinski definition) is 2. The molecule has 1 amide bonds. The average molecular weight is 265 g/mol. The highest BCUT2D eigenvalue weighted by atomic mass is 16.6. The first-order valence-electron chi connectivity index (χ1n) is 6.02. The van der Waals surface area contributed by atoms with Gasteiger partial charge >= 0.3 is 12.1 Å². The molecule has 5 nitrogen and oxygen atoms in total. The van der Waals surface area contributed by atoms with E-state index < -0.39 is 23.6 Å². The van der Waals surface area contributed by atoms with Crippen molar-refractivity contribution in [1.29, 1.82) is 0 Å². The van der Waals surface area contributed by atoms with Crippen LogP contribution in [0.1, 0.15) is 39.2 Å². The van der Waals surface area contributed by atoms with Gasteiger partial charge < -0.3 is 9.84 Å². The van der Waals surface area contributed by atoms with Gasteiger partial charge in [0.05, 0.1) is 5.92 Å². The molecule has 0 heterocycles. The predicted molar refractivity (Wildman–Crippen MR) is 72.3 cm³/mol. The van der Waals surface area contributed by atoms with Gasteiger partial charge in [-0.15, -0.1) is 0 Å². The molecule has 0 aliphatic carbocycles. The van der Waals surface area contributed by atoms with E-state index in [0.717, 1.165) is 0 Å². The van der Waals surface area contributed by atoms with Gasteiger partial charge in [0.1, 0.15) is 5.60 Å². The van der Waals surface area contributed by atoms with Gasteiger partial charge in [-0.25, -0.2) is 4.79 Å². The Hall–Kier alpha value is -2.04. The lowest BCUT2D eigenvalue weighted by atomic mass is 9.99. The summed E-state index contributed by atoms with van der Waals surface area (Å²) in [4.78, 5) is 22.7. The fourth-order valence-corrected chi connectivity index (χ4v) is 1.54. The second-order valence-corrected chi connectivity index (χ2v) is 5.27. The first-order valence-corrected chi connectivity index (χ1v) is 6.02. The third-order valence-corrected chi connectivity index (χ3v) is 2.43. The topological polar surface area (TPSA) is 75.6 Å². The molecule has 0 aliphatic rings. The number of nitrogens with one attached hydrogen (secondary N) is 1. The van der Waals surface area contributed by atoms with E-state index in [1.54, 1.807) is 52.0 Å². The highest BCUT2D eigenvalue weighted by Crippen LogP contribution is 2.25. The summed E-state index contributed by atoms with van der Waals surface area (Å²) < 4.78 is 5.14. The normalized spacial score (nSPS) is 12.6. The largest absolute Gasteiger partial charge is 0.481 e. The van der Waals surface area contributed by atoms with Gasteiger partial charge in [-0.1, -0.05) is 18.2 Å². The SMILES string of the molecule is CC(C(=O)O)c1ccccc1NC(=O)OC(C)(C)C. The van der Waals surface area contributed by atoms with Crippen molar-refractivity contribution in [2.24, 2.45) is 0 Å². The van der Waals surface area contributed by atoms with Gasteiger partial charge in [0.25, 0.3) is 0 Å². The molecule has 2 N–H and O–H groups in total. The number of aliphatic carboxylic acids is 1. The summed E-state index contributed by atoms with van der Waals surface area (Å²) in [6.07, 6.45) is -0.600. The summed E-state index contributed by atoms with van der Waals surface area (Å²) in [6.45, 7) is 6.85. The molecule has 0 fully saturated rings. The number of carbonyl (C=O) groups excluding carboxylic acids is 1. The molecule has 1 unspecified atom stereocenters. The van der Waals surface area contributed by atoms with E-state index in [-0.39, 0.29) is 0 Å². The number of para-hydroxylation sites is 1. The maximum absolute atomic E-state index is 11.7. The molecule has 0 bridgehead atoms. The predicted octanol–water partition coefficient (Wildman–Crippen LogP) is 3.22. The lowest BCUT2D eigenvalue weighted by Crippen LogP contribution is -2.27. The number of carboxylic acid groups (broad SMARTS) is 1. The molecular formula is C14H19NO4. The Balaban J connectivity index is 2.90. The van der Waals surface area contributed by atoms with Gasteiger partial charge in [0, 0.05) is 5.69 Å². The van der Waals surface area contributed by atoms with Crippen LogP contribution in [0, 0.1) is 0 Å². The number of benzene rings is 1. The van der Waals surface area contributed by atoms with E-state index >= 15 is 0 Å². The Labute approximate surface area is 112 Å². The second kappa shape index (κ2) is 5.73. The van der Waals surface area contributed by atoms with Crippen LogP contribution in [0.3, 0.4) is 0 Å². The molecule has 19 heavy (non-hydrogen) atoms. The van der Waals surface area contributed by atoms with Crippen molar-refractivity contribution in [1.82, 2.24) is 0 Å². The summed E-state index contributed by atoms with van der Waals surface area (Å²) in [5.74, 6) is -1.65. The first-order chi connectivity index (χ1) is 8.70. The highest BCUT2D eigenvalue weighted by Gasteiger charge is 2.20. The zero-order valence-corrected chi connectivity index (χ0v) is 11.6. The molecule has 0 saturated carbocycles. The van der Waals surface area contributed by atoms with Gasteiger partial charge in [-0.3, -0.25) is 10.1 Å². The van der Waals surface area contributed by atoms with Crippen LogP contribution in [-0.2, 0) is 9.53 Å². The number of ether oxygens (including phenoxy) is 1. The number of hydrogen-bond acceptors (Lipinski definition) is 3. The smallest absolute Gasteiger partial charge is 0.412 e. The Morgan fingerprint density at radius 1 is 1.26 bits per heavy atom. The van der Waals surface area contributed by atoms with Gasteiger partial charge in [0.2, 0.25) is 0 Å². The van der Waals surface area contributed by atoms with Crippen LogP contribution in [0.2, 0.25) is 0 Å². The minimum absolute atomic E-state index is 0.451. The van der Waals surface area contributed by atoms with Crippen molar-refractivity contribution in [2.75, 3.05) is 5.32 Å². The van der Waals surface area contributed by atoms with E-state index in [1.807, 2.05) is 0 Å². The van der Waals surface area contributed by atoms with E-state index in [0.29, 0.717) is 11.3 Å². The average Bonchev–Trinajstić information content (AvgIpc) is 2.26. The summed E-state index contributed by atoms with van der Waals surface area (Å²) >= 11 is 0. The molecular weight excluding hydrogens is 246 g/mol. The third-order valence-electron chi connectivity index (χ3n) is 2.43. The van der Waals surface area contributed by atoms with Crippen LogP contribution in [-0.4, -0.2) is 22.8 Å². The number of anilines is 1. The van der Waals surface area contributed by atoms with Crippen molar-refractivity contribution in [3.8, 4) is 0 Å². The molecule has 1 aromatic rings. The summed E-state index contributed by atoms with van der Waals surface area (Å²) in [6, 6.07) is 6.78. The quantitative estimate of drug-likeness (QED) is 0.879. The number of rotatable bonds is 3. The molecule has 104 valence electrons. The Bertz CT molecular complexity index is 477. The molecule has 1 rings (SSSR count). The minimum atomic E-state index is -0.946. The molecule has 0 radical (unpaired) electrons. The molecule has 0 saturated heterocycles. The number of amides is 1. The van der Waals surface area contributed by atoms with Crippen LogP contribution in [0.15, 0.2) is 24.3 Å². The summed E-state index contributed by atoms with van der Waals surface area (Å²) in [5.41, 5.74) is 0.393. The molecule has 1 aromatic carbocycles. The highest BCUT2D eigenvalue weighted by molar-refractivity contribution is 5.88. The Morgan fingerprint density at radius 3 is 2.37 bits per heavy atom. The number of carboxylic acids is 1. The lowest BCUT2D eigenvalue weighted by Gasteiger charge is -2.21. The van der Waals surface area contributed by atoms with E-state index in [1.165, 1.54) is 0 Å². The van der Waals surface area contributed by atoms with Gasteiger partial charge in [-0.05, 0) is 39.3 Å². The fraction of sp³-hybridized carbons (Fsp3) is 0.429. The van der Waals surface area contributed by atoms with E-state index in [9.17, 15) is 9.59 Å². The van der Waals surface area contributed by atoms with Crippen molar-refractivity contribution in [3.05, 3.63) is 29.8 Å². The second-order valence-electron chi connectivity index (χ2n) is 5.27. The Kier molecular flexibility index (Phi) is 4.53. The van der Waals surface area contributed by atoms with Crippen LogP contribution in [0.4, 0.5) is 10.5 Å². The van der Waals surface area contributed by atoms with Crippen molar-refractivity contribution < 1.29 is 19.4 Å². The number of carbonyl (C=O) groups is 2. The van der Waals surface area contributed by atoms with Crippen molar-refractivity contribution in [3.63, 3.8) is 0 Å². The van der Waals surface area contributed by atoms with Crippen molar-refractivity contribution >= 4 is 17.7 Å². The first kappa shape index (κ1) is 15.0. The van der Waals surface area contributed by atoms with E-state index in [4.69, 9.17) is 9.84 Å². The Morgan fingerprint density at radius 2 is 1.84 bits per heavy atom. The molecule has 0 aromatic heterocycles. The van der Waals surface area contributed by atoms with Crippen LogP contribution in [0.5, 0.6) is 0 Å². The van der Waals surface area contributed by atoms with Gasteiger partial charge in [-0.2, -0.15) is 0 Å². The van der Waals surface area contributed by atoms with Crippen LogP contribution in [0.25, 0.3) is 0 Å². The molecule has 5 heteroatoms. The molecule has 1 atom stereocenters. The minimum Gasteiger partial charge on any atom is -0.481 e. The lowest BCUT2D eigenvalue weighted by molar-refractivity contribution is -0.138. The molecule has 0 aliphatic heterocycles. The maximum Gasteiger partial charge on any atom is 0.412 e. The van der Waals surface area contributed by atoms with Gasteiger partial charge in [0.15, 0.2) is 0 Å². The zero-order valence-electron chi connectivity index (χ0n) is 11.6. The summed E-state index contributed by atoms with van der Waals surface area (Å²) in [5, 5.41) is 11.6.